The Labute approximate surface area is 120 Å². The van der Waals surface area contributed by atoms with Gasteiger partial charge < -0.3 is 5.73 Å². The molecule has 0 aliphatic rings. The number of hydrogen-bond donors (Lipinski definition) is 1. The average Bonchev–Trinajstić information content (AvgIpc) is 2.39. The van der Waals surface area contributed by atoms with Crippen LogP contribution in [0.1, 0.15) is 18.9 Å². The van der Waals surface area contributed by atoms with E-state index in [1.807, 2.05) is 0 Å². The fourth-order valence-electron chi connectivity index (χ4n) is 2.42. The number of rotatable bonds is 6. The molecule has 0 aromatic heterocycles. The molecule has 0 aliphatic carbocycles. The second kappa shape index (κ2) is 6.64. The van der Waals surface area contributed by atoms with Crippen molar-refractivity contribution in [1.82, 2.24) is 4.90 Å². The molecule has 0 radical (unpaired) electrons. The van der Waals surface area contributed by atoms with E-state index in [0.717, 1.165) is 19.5 Å². The van der Waals surface area contributed by atoms with Crippen LogP contribution in [0.2, 0.25) is 0 Å². The summed E-state index contributed by atoms with van der Waals surface area (Å²) in [6, 6.07) is 14.9. The minimum absolute atomic E-state index is 0.564. The third-order valence-corrected chi connectivity index (χ3v) is 3.32. The van der Waals surface area contributed by atoms with Crippen molar-refractivity contribution in [2.75, 3.05) is 13.1 Å². The predicted octanol–water partition coefficient (Wildman–Crippen LogP) is 3.34. The molecule has 19 heavy (non-hydrogen) atoms. The Morgan fingerprint density at radius 3 is 2.63 bits per heavy atom. The molecule has 0 unspecified atom stereocenters. The SMILES string of the molecule is CCCN(CC(N)=S)Cc1cccc2ccccc12. The first-order chi connectivity index (χ1) is 9.20. The fourth-order valence-corrected chi connectivity index (χ4v) is 2.60. The molecule has 2 aromatic carbocycles. The quantitative estimate of drug-likeness (QED) is 0.818. The van der Waals surface area contributed by atoms with Gasteiger partial charge in [-0.25, -0.2) is 0 Å². The van der Waals surface area contributed by atoms with Crippen LogP contribution in [0, 0.1) is 0 Å². The molecule has 2 rings (SSSR count). The number of benzene rings is 2. The molecule has 0 spiro atoms. The lowest BCUT2D eigenvalue weighted by atomic mass is 10.0. The molecule has 2 nitrogen and oxygen atoms in total. The molecule has 0 saturated heterocycles. The van der Waals surface area contributed by atoms with Crippen LogP contribution in [0.5, 0.6) is 0 Å². The monoisotopic (exact) mass is 272 g/mol. The van der Waals surface area contributed by atoms with Crippen LogP contribution in [0.3, 0.4) is 0 Å². The molecule has 2 aromatic rings. The van der Waals surface area contributed by atoms with Crippen LogP contribution in [0.25, 0.3) is 10.8 Å². The van der Waals surface area contributed by atoms with Crippen LogP contribution < -0.4 is 5.73 Å². The van der Waals surface area contributed by atoms with Gasteiger partial charge >= 0.3 is 0 Å². The van der Waals surface area contributed by atoms with Crippen molar-refractivity contribution < 1.29 is 0 Å². The van der Waals surface area contributed by atoms with E-state index in [2.05, 4.69) is 54.3 Å². The maximum atomic E-state index is 5.68. The van der Waals surface area contributed by atoms with Crippen molar-refractivity contribution >= 4 is 28.0 Å². The molecule has 0 saturated carbocycles. The van der Waals surface area contributed by atoms with Gasteiger partial charge in [0, 0.05) is 13.1 Å². The maximum absolute atomic E-state index is 5.68. The van der Waals surface area contributed by atoms with E-state index in [4.69, 9.17) is 18.0 Å². The number of hydrogen-bond acceptors (Lipinski definition) is 2. The fraction of sp³-hybridized carbons (Fsp3) is 0.312. The van der Waals surface area contributed by atoms with E-state index in [9.17, 15) is 0 Å². The van der Waals surface area contributed by atoms with Crippen LogP contribution in [0.15, 0.2) is 42.5 Å². The van der Waals surface area contributed by atoms with E-state index in [-0.39, 0.29) is 0 Å². The lowest BCUT2D eigenvalue weighted by Gasteiger charge is -2.21. The Balaban J connectivity index is 2.25. The zero-order valence-electron chi connectivity index (χ0n) is 11.3. The Morgan fingerprint density at radius 2 is 1.89 bits per heavy atom. The summed E-state index contributed by atoms with van der Waals surface area (Å²) in [6.07, 6.45) is 1.10. The van der Waals surface area contributed by atoms with Crippen molar-refractivity contribution in [3.63, 3.8) is 0 Å². The van der Waals surface area contributed by atoms with Gasteiger partial charge in [-0.1, -0.05) is 61.6 Å². The lowest BCUT2D eigenvalue weighted by molar-refractivity contribution is 0.305. The topological polar surface area (TPSA) is 29.3 Å². The second-order valence-corrected chi connectivity index (χ2v) is 5.34. The lowest BCUT2D eigenvalue weighted by Crippen LogP contribution is -2.32. The molecule has 0 bridgehead atoms. The summed E-state index contributed by atoms with van der Waals surface area (Å²) in [5, 5.41) is 2.60. The van der Waals surface area contributed by atoms with Gasteiger partial charge in [0.05, 0.1) is 4.99 Å². The van der Waals surface area contributed by atoms with Gasteiger partial charge in [0.2, 0.25) is 0 Å². The zero-order chi connectivity index (χ0) is 13.7. The largest absolute Gasteiger partial charge is 0.392 e. The number of nitrogens with zero attached hydrogens (tertiary/aromatic N) is 1. The standard InChI is InChI=1S/C16H20N2S/c1-2-10-18(12-16(17)19)11-14-8-5-7-13-6-3-4-9-15(13)14/h3-9H,2,10-12H2,1H3,(H2,17,19). The second-order valence-electron chi connectivity index (χ2n) is 4.82. The van der Waals surface area contributed by atoms with Crippen molar-refractivity contribution in [2.24, 2.45) is 5.73 Å². The van der Waals surface area contributed by atoms with Crippen LogP contribution in [-0.4, -0.2) is 23.0 Å². The van der Waals surface area contributed by atoms with E-state index >= 15 is 0 Å². The highest BCUT2D eigenvalue weighted by atomic mass is 32.1. The first kappa shape index (κ1) is 14.0. The summed E-state index contributed by atoms with van der Waals surface area (Å²) in [7, 11) is 0. The minimum atomic E-state index is 0.564. The molecule has 0 heterocycles. The summed E-state index contributed by atoms with van der Waals surface area (Å²) in [6.45, 7) is 4.77. The molecule has 0 fully saturated rings. The van der Waals surface area contributed by atoms with Crippen LogP contribution in [0.4, 0.5) is 0 Å². The average molecular weight is 272 g/mol. The van der Waals surface area contributed by atoms with Crippen LogP contribution in [-0.2, 0) is 6.54 Å². The van der Waals surface area contributed by atoms with Gasteiger partial charge in [-0.05, 0) is 29.3 Å². The summed E-state index contributed by atoms with van der Waals surface area (Å²) in [4.78, 5) is 2.87. The molecule has 100 valence electrons. The number of fused-ring (bicyclic) bond motifs is 1. The van der Waals surface area contributed by atoms with E-state index in [1.165, 1.54) is 16.3 Å². The third kappa shape index (κ3) is 3.75. The first-order valence-electron chi connectivity index (χ1n) is 6.68. The van der Waals surface area contributed by atoms with Gasteiger partial charge in [-0.2, -0.15) is 0 Å². The first-order valence-corrected chi connectivity index (χ1v) is 7.09. The van der Waals surface area contributed by atoms with Crippen molar-refractivity contribution in [3.05, 3.63) is 48.0 Å². The number of nitrogens with two attached hydrogens (primary N) is 1. The number of thiocarbonyl (C=S) groups is 1. The smallest absolute Gasteiger partial charge is 0.0870 e. The predicted molar refractivity (Wildman–Crippen MR) is 86.3 cm³/mol. The van der Waals surface area contributed by atoms with Gasteiger partial charge in [0.1, 0.15) is 0 Å². The molecule has 0 aliphatic heterocycles. The third-order valence-electron chi connectivity index (χ3n) is 3.19. The summed E-state index contributed by atoms with van der Waals surface area (Å²) in [5.74, 6) is 0. The van der Waals surface area contributed by atoms with Crippen molar-refractivity contribution in [2.45, 2.75) is 19.9 Å². The Kier molecular flexibility index (Phi) is 4.88. The van der Waals surface area contributed by atoms with Crippen LogP contribution >= 0.6 is 12.2 Å². The van der Waals surface area contributed by atoms with E-state index < -0.39 is 0 Å². The molecule has 3 heteroatoms. The molecular formula is C16H20N2S. The van der Waals surface area contributed by atoms with Crippen molar-refractivity contribution in [3.8, 4) is 0 Å². The minimum Gasteiger partial charge on any atom is -0.392 e. The summed E-state index contributed by atoms with van der Waals surface area (Å²) >= 11 is 5.03. The Hall–Kier alpha value is -1.45. The zero-order valence-corrected chi connectivity index (χ0v) is 12.1. The van der Waals surface area contributed by atoms with Gasteiger partial charge in [-0.3, -0.25) is 4.90 Å². The molecule has 0 atom stereocenters. The van der Waals surface area contributed by atoms with Gasteiger partial charge in [0.15, 0.2) is 0 Å². The van der Waals surface area contributed by atoms with Crippen molar-refractivity contribution in [1.29, 1.82) is 0 Å². The maximum Gasteiger partial charge on any atom is 0.0870 e. The van der Waals surface area contributed by atoms with Gasteiger partial charge in [0.25, 0.3) is 0 Å². The Bertz CT molecular complexity index is 560. The Morgan fingerprint density at radius 1 is 1.16 bits per heavy atom. The highest BCUT2D eigenvalue weighted by Gasteiger charge is 2.08. The molecule has 2 N–H and O–H groups in total. The summed E-state index contributed by atoms with van der Waals surface area (Å²) in [5.41, 5.74) is 7.02. The highest BCUT2D eigenvalue weighted by molar-refractivity contribution is 7.80. The van der Waals surface area contributed by atoms with E-state index in [1.54, 1.807) is 0 Å². The van der Waals surface area contributed by atoms with Gasteiger partial charge in [-0.15, -0.1) is 0 Å². The molecular weight excluding hydrogens is 252 g/mol. The summed E-state index contributed by atoms with van der Waals surface area (Å²) < 4.78 is 0. The molecule has 0 amide bonds. The van der Waals surface area contributed by atoms with E-state index in [0.29, 0.717) is 11.5 Å². The normalized spacial score (nSPS) is 11.1. The highest BCUT2D eigenvalue weighted by Crippen LogP contribution is 2.20.